The molecule has 2 heterocycles. The Kier molecular flexibility index (Phi) is 3.92. The number of likely N-dealkylation sites (N-methyl/N-ethyl adjacent to an activating group) is 1. The predicted molar refractivity (Wildman–Crippen MR) is 78.0 cm³/mol. The number of fused-ring (bicyclic) bond motifs is 1. The van der Waals surface area contributed by atoms with Crippen molar-refractivity contribution >= 4 is 5.91 Å². The summed E-state index contributed by atoms with van der Waals surface area (Å²) in [7, 11) is 1.95. The molecule has 1 unspecified atom stereocenters. The van der Waals surface area contributed by atoms with Gasteiger partial charge in [-0.25, -0.2) is 0 Å². The third kappa shape index (κ3) is 2.52. The van der Waals surface area contributed by atoms with E-state index >= 15 is 0 Å². The number of ether oxygens (including phenoxy) is 1. The lowest BCUT2D eigenvalue weighted by atomic mass is 9.91. The Morgan fingerprint density at radius 2 is 2.00 bits per heavy atom. The molecule has 0 aromatic heterocycles. The molecule has 4 nitrogen and oxygen atoms in total. The summed E-state index contributed by atoms with van der Waals surface area (Å²) in [5, 5.41) is 3.35. The molecule has 1 saturated heterocycles. The van der Waals surface area contributed by atoms with Crippen LogP contribution in [0.2, 0.25) is 0 Å². The topological polar surface area (TPSA) is 41.6 Å². The number of hydrogen-bond acceptors (Lipinski definition) is 3. The standard InChI is InChI=1S/C16H22N2O2/c1-18(12-6-9-17-10-7-12)16(19)14-8-11-20-15-5-3-2-4-13(14)15/h2-5,12,14,17H,6-11H2,1H3. The van der Waals surface area contributed by atoms with Crippen molar-refractivity contribution in [2.75, 3.05) is 26.7 Å². The van der Waals surface area contributed by atoms with Crippen LogP contribution in [0.15, 0.2) is 24.3 Å². The van der Waals surface area contributed by atoms with Gasteiger partial charge in [0.2, 0.25) is 5.91 Å². The zero-order valence-electron chi connectivity index (χ0n) is 12.0. The Morgan fingerprint density at radius 3 is 2.80 bits per heavy atom. The molecule has 108 valence electrons. The minimum atomic E-state index is -0.0418. The highest BCUT2D eigenvalue weighted by Crippen LogP contribution is 2.35. The van der Waals surface area contributed by atoms with Gasteiger partial charge in [0.05, 0.1) is 12.5 Å². The Bertz CT molecular complexity index is 483. The number of piperidine rings is 1. The monoisotopic (exact) mass is 274 g/mol. The fourth-order valence-electron chi connectivity index (χ4n) is 3.22. The molecule has 0 spiro atoms. The van der Waals surface area contributed by atoms with Crippen molar-refractivity contribution in [2.45, 2.75) is 31.2 Å². The van der Waals surface area contributed by atoms with E-state index in [1.807, 2.05) is 36.2 Å². The molecule has 2 aliphatic rings. The molecule has 2 aliphatic heterocycles. The van der Waals surface area contributed by atoms with Crippen LogP contribution in [-0.4, -0.2) is 43.6 Å². The van der Waals surface area contributed by atoms with Crippen molar-refractivity contribution in [1.29, 1.82) is 0 Å². The molecule has 1 fully saturated rings. The summed E-state index contributed by atoms with van der Waals surface area (Å²) < 4.78 is 5.65. The SMILES string of the molecule is CN(C(=O)C1CCOc2ccccc21)C1CCNCC1. The number of nitrogens with zero attached hydrogens (tertiary/aromatic N) is 1. The molecule has 3 rings (SSSR count). The first kappa shape index (κ1) is 13.4. The summed E-state index contributed by atoms with van der Waals surface area (Å²) in [6.45, 7) is 2.65. The van der Waals surface area contributed by atoms with Crippen LogP contribution in [0.4, 0.5) is 0 Å². The largest absolute Gasteiger partial charge is 0.493 e. The molecule has 0 saturated carbocycles. The van der Waals surface area contributed by atoms with E-state index in [1.165, 1.54) is 0 Å². The summed E-state index contributed by atoms with van der Waals surface area (Å²) in [6, 6.07) is 8.30. The Morgan fingerprint density at radius 1 is 1.25 bits per heavy atom. The maximum atomic E-state index is 12.8. The highest BCUT2D eigenvalue weighted by atomic mass is 16.5. The molecule has 0 aliphatic carbocycles. The number of para-hydroxylation sites is 1. The van der Waals surface area contributed by atoms with E-state index in [4.69, 9.17) is 4.74 Å². The van der Waals surface area contributed by atoms with Gasteiger partial charge in [0, 0.05) is 18.7 Å². The van der Waals surface area contributed by atoms with Crippen LogP contribution in [0.3, 0.4) is 0 Å². The van der Waals surface area contributed by atoms with E-state index in [-0.39, 0.29) is 11.8 Å². The van der Waals surface area contributed by atoms with Gasteiger partial charge < -0.3 is 15.0 Å². The summed E-state index contributed by atoms with van der Waals surface area (Å²) in [5.41, 5.74) is 1.05. The second-order valence-electron chi connectivity index (χ2n) is 5.66. The van der Waals surface area contributed by atoms with Gasteiger partial charge in [-0.1, -0.05) is 18.2 Å². The Labute approximate surface area is 120 Å². The number of carbonyl (C=O) groups is 1. The van der Waals surface area contributed by atoms with Crippen molar-refractivity contribution in [1.82, 2.24) is 10.2 Å². The Hall–Kier alpha value is -1.55. The first-order valence-electron chi connectivity index (χ1n) is 7.46. The van der Waals surface area contributed by atoms with Gasteiger partial charge in [0.1, 0.15) is 5.75 Å². The number of hydrogen-bond donors (Lipinski definition) is 1. The number of carbonyl (C=O) groups excluding carboxylic acids is 1. The van der Waals surface area contributed by atoms with Crippen molar-refractivity contribution in [2.24, 2.45) is 0 Å². The maximum absolute atomic E-state index is 12.8. The third-order valence-corrected chi connectivity index (χ3v) is 4.46. The fraction of sp³-hybridized carbons (Fsp3) is 0.562. The highest BCUT2D eigenvalue weighted by Gasteiger charge is 2.32. The van der Waals surface area contributed by atoms with E-state index in [0.29, 0.717) is 12.6 Å². The van der Waals surface area contributed by atoms with Crippen molar-refractivity contribution in [3.8, 4) is 5.75 Å². The van der Waals surface area contributed by atoms with Gasteiger partial charge in [0.25, 0.3) is 0 Å². The summed E-state index contributed by atoms with van der Waals surface area (Å²) >= 11 is 0. The summed E-state index contributed by atoms with van der Waals surface area (Å²) in [5.74, 6) is 1.07. The van der Waals surface area contributed by atoms with Crippen molar-refractivity contribution < 1.29 is 9.53 Å². The fourth-order valence-corrected chi connectivity index (χ4v) is 3.22. The molecule has 0 bridgehead atoms. The molecule has 1 aromatic carbocycles. The molecule has 0 radical (unpaired) electrons. The van der Waals surface area contributed by atoms with Crippen LogP contribution >= 0.6 is 0 Å². The van der Waals surface area contributed by atoms with E-state index in [9.17, 15) is 4.79 Å². The van der Waals surface area contributed by atoms with Gasteiger partial charge in [-0.15, -0.1) is 0 Å². The zero-order valence-corrected chi connectivity index (χ0v) is 12.0. The number of amides is 1. The van der Waals surface area contributed by atoms with Crippen LogP contribution in [-0.2, 0) is 4.79 Å². The number of nitrogens with one attached hydrogen (secondary N) is 1. The summed E-state index contributed by atoms with van der Waals surface area (Å²) in [6.07, 6.45) is 2.88. The second kappa shape index (κ2) is 5.83. The second-order valence-corrected chi connectivity index (χ2v) is 5.66. The Balaban J connectivity index is 1.77. The van der Waals surface area contributed by atoms with Gasteiger partial charge in [-0.3, -0.25) is 4.79 Å². The van der Waals surface area contributed by atoms with Gasteiger partial charge in [-0.05, 0) is 38.4 Å². The van der Waals surface area contributed by atoms with Crippen LogP contribution in [0.5, 0.6) is 5.75 Å². The molecular weight excluding hydrogens is 252 g/mol. The minimum absolute atomic E-state index is 0.0418. The van der Waals surface area contributed by atoms with Crippen molar-refractivity contribution in [3.05, 3.63) is 29.8 Å². The van der Waals surface area contributed by atoms with Gasteiger partial charge >= 0.3 is 0 Å². The number of rotatable bonds is 2. The van der Waals surface area contributed by atoms with Crippen LogP contribution in [0.25, 0.3) is 0 Å². The smallest absolute Gasteiger partial charge is 0.230 e. The lowest BCUT2D eigenvalue weighted by Gasteiger charge is -2.35. The van der Waals surface area contributed by atoms with E-state index in [2.05, 4.69) is 5.32 Å². The zero-order chi connectivity index (χ0) is 13.9. The lowest BCUT2D eigenvalue weighted by Crippen LogP contribution is -2.46. The first-order valence-corrected chi connectivity index (χ1v) is 7.46. The average molecular weight is 274 g/mol. The van der Waals surface area contributed by atoms with Crippen LogP contribution in [0, 0.1) is 0 Å². The van der Waals surface area contributed by atoms with E-state index in [1.54, 1.807) is 0 Å². The normalized spacial score (nSPS) is 22.8. The van der Waals surface area contributed by atoms with Crippen LogP contribution < -0.4 is 10.1 Å². The molecule has 4 heteroatoms. The van der Waals surface area contributed by atoms with Crippen LogP contribution in [0.1, 0.15) is 30.7 Å². The maximum Gasteiger partial charge on any atom is 0.230 e. The highest BCUT2D eigenvalue weighted by molar-refractivity contribution is 5.85. The van der Waals surface area contributed by atoms with Gasteiger partial charge in [0.15, 0.2) is 0 Å². The lowest BCUT2D eigenvalue weighted by molar-refractivity contribution is -0.134. The predicted octanol–water partition coefficient (Wildman–Crippen LogP) is 1.76. The number of benzene rings is 1. The van der Waals surface area contributed by atoms with E-state index in [0.717, 1.165) is 43.7 Å². The van der Waals surface area contributed by atoms with E-state index < -0.39 is 0 Å². The average Bonchev–Trinajstić information content (AvgIpc) is 2.54. The first-order chi connectivity index (χ1) is 9.77. The molecule has 1 N–H and O–H groups in total. The summed E-state index contributed by atoms with van der Waals surface area (Å²) in [4.78, 5) is 14.8. The molecule has 1 aromatic rings. The molecule has 1 atom stereocenters. The molecule has 20 heavy (non-hydrogen) atoms. The van der Waals surface area contributed by atoms with Gasteiger partial charge in [-0.2, -0.15) is 0 Å². The quantitative estimate of drug-likeness (QED) is 0.893. The van der Waals surface area contributed by atoms with Crippen molar-refractivity contribution in [3.63, 3.8) is 0 Å². The third-order valence-electron chi connectivity index (χ3n) is 4.46. The minimum Gasteiger partial charge on any atom is -0.493 e. The molecule has 1 amide bonds. The molecular formula is C16H22N2O2.